The average molecular weight is 331 g/mol. The van der Waals surface area contributed by atoms with Gasteiger partial charge in [-0.1, -0.05) is 19.1 Å². The molecule has 0 aromatic heterocycles. The standard InChI is InChI=1S/C17H18FN3OS/c1-3-15(12-8-10-13(22-2)11-9-12)20-21-17(23)19-16-7-5-4-6-14(16)18/h4-11H,3H2,1-2H3,(H2,19,21,23)/b20-15-. The van der Waals surface area contributed by atoms with Gasteiger partial charge in [0.1, 0.15) is 11.6 Å². The summed E-state index contributed by atoms with van der Waals surface area (Å²) < 4.78 is 18.7. The molecule has 0 radical (unpaired) electrons. The highest BCUT2D eigenvalue weighted by Gasteiger charge is 2.04. The van der Waals surface area contributed by atoms with Crippen molar-refractivity contribution < 1.29 is 9.13 Å². The predicted octanol–water partition coefficient (Wildman–Crippen LogP) is 3.94. The van der Waals surface area contributed by atoms with Crippen LogP contribution < -0.4 is 15.5 Å². The van der Waals surface area contributed by atoms with Crippen molar-refractivity contribution in [3.05, 3.63) is 59.9 Å². The molecule has 0 bridgehead atoms. The maximum Gasteiger partial charge on any atom is 0.191 e. The fourth-order valence-corrected chi connectivity index (χ4v) is 2.12. The van der Waals surface area contributed by atoms with Crippen LogP contribution in [0, 0.1) is 5.82 Å². The number of thiocarbonyl (C=S) groups is 1. The molecule has 2 aromatic rings. The quantitative estimate of drug-likeness (QED) is 0.495. The van der Waals surface area contributed by atoms with E-state index in [2.05, 4.69) is 15.8 Å². The predicted molar refractivity (Wildman–Crippen MR) is 95.6 cm³/mol. The third-order valence-electron chi connectivity index (χ3n) is 3.17. The largest absolute Gasteiger partial charge is 0.497 e. The number of nitrogens with zero attached hydrogens (tertiary/aromatic N) is 1. The van der Waals surface area contributed by atoms with E-state index >= 15 is 0 Å². The van der Waals surface area contributed by atoms with Crippen LogP contribution in [0.15, 0.2) is 53.6 Å². The van der Waals surface area contributed by atoms with Crippen LogP contribution in [-0.2, 0) is 0 Å². The first kappa shape index (κ1) is 16.9. The summed E-state index contributed by atoms with van der Waals surface area (Å²) in [5.74, 6) is 0.417. The molecule has 23 heavy (non-hydrogen) atoms. The molecule has 2 aromatic carbocycles. The topological polar surface area (TPSA) is 45.7 Å². The molecule has 2 N–H and O–H groups in total. The zero-order valence-corrected chi connectivity index (χ0v) is 13.8. The molecule has 0 saturated heterocycles. The van der Waals surface area contributed by atoms with Gasteiger partial charge in [0.25, 0.3) is 0 Å². The summed E-state index contributed by atoms with van der Waals surface area (Å²) in [6.45, 7) is 2.00. The van der Waals surface area contributed by atoms with Gasteiger partial charge >= 0.3 is 0 Å². The van der Waals surface area contributed by atoms with Crippen LogP contribution in [0.4, 0.5) is 10.1 Å². The lowest BCUT2D eigenvalue weighted by molar-refractivity contribution is 0.415. The highest BCUT2D eigenvalue weighted by molar-refractivity contribution is 7.80. The maximum absolute atomic E-state index is 13.6. The third kappa shape index (κ3) is 4.75. The van der Waals surface area contributed by atoms with E-state index in [1.807, 2.05) is 31.2 Å². The summed E-state index contributed by atoms with van der Waals surface area (Å²) in [6, 6.07) is 13.9. The second-order valence-electron chi connectivity index (χ2n) is 4.69. The van der Waals surface area contributed by atoms with Gasteiger partial charge in [-0.15, -0.1) is 0 Å². The van der Waals surface area contributed by atoms with E-state index in [0.29, 0.717) is 5.69 Å². The fourth-order valence-electron chi connectivity index (χ4n) is 1.96. The number of nitrogens with one attached hydrogen (secondary N) is 2. The van der Waals surface area contributed by atoms with E-state index in [0.717, 1.165) is 23.4 Å². The number of ether oxygens (including phenoxy) is 1. The second kappa shape index (κ2) is 8.24. The van der Waals surface area contributed by atoms with Crippen molar-refractivity contribution in [1.29, 1.82) is 0 Å². The molecule has 0 saturated carbocycles. The number of rotatable bonds is 5. The van der Waals surface area contributed by atoms with Crippen molar-refractivity contribution in [3.8, 4) is 5.75 Å². The average Bonchev–Trinajstić information content (AvgIpc) is 2.58. The molecule has 6 heteroatoms. The lowest BCUT2D eigenvalue weighted by atomic mass is 10.1. The van der Waals surface area contributed by atoms with Gasteiger partial charge in [-0.3, -0.25) is 5.43 Å². The van der Waals surface area contributed by atoms with Crippen LogP contribution >= 0.6 is 12.2 Å². The first-order valence-corrected chi connectivity index (χ1v) is 7.57. The molecule has 0 unspecified atom stereocenters. The van der Waals surface area contributed by atoms with Gasteiger partial charge in [0, 0.05) is 0 Å². The van der Waals surface area contributed by atoms with Crippen molar-refractivity contribution in [2.45, 2.75) is 13.3 Å². The molecule has 0 atom stereocenters. The van der Waals surface area contributed by atoms with E-state index in [9.17, 15) is 4.39 Å². The Labute approximate surface area is 140 Å². The Kier molecular flexibility index (Phi) is 6.05. The summed E-state index contributed by atoms with van der Waals surface area (Å²) >= 11 is 5.14. The Balaban J connectivity index is 2.03. The van der Waals surface area contributed by atoms with E-state index in [1.54, 1.807) is 25.3 Å². The minimum Gasteiger partial charge on any atom is -0.497 e. The van der Waals surface area contributed by atoms with Gasteiger partial charge in [0.15, 0.2) is 5.11 Å². The molecule has 120 valence electrons. The van der Waals surface area contributed by atoms with Gasteiger partial charge in [0.2, 0.25) is 0 Å². The van der Waals surface area contributed by atoms with Crippen molar-refractivity contribution in [2.24, 2.45) is 5.10 Å². The van der Waals surface area contributed by atoms with Gasteiger partial charge < -0.3 is 10.1 Å². The maximum atomic E-state index is 13.6. The fraction of sp³-hybridized carbons (Fsp3) is 0.176. The lowest BCUT2D eigenvalue weighted by Gasteiger charge is -2.10. The number of para-hydroxylation sites is 1. The molecule has 4 nitrogen and oxygen atoms in total. The number of hydrogen-bond donors (Lipinski definition) is 2. The first-order chi connectivity index (χ1) is 11.1. The molecular weight excluding hydrogens is 313 g/mol. The van der Waals surface area contributed by atoms with E-state index in [-0.39, 0.29) is 10.9 Å². The number of methoxy groups -OCH3 is 1. The Bertz CT molecular complexity index is 701. The van der Waals surface area contributed by atoms with Gasteiger partial charge in [-0.25, -0.2) is 4.39 Å². The van der Waals surface area contributed by atoms with Gasteiger partial charge in [-0.2, -0.15) is 5.10 Å². The van der Waals surface area contributed by atoms with Crippen LogP contribution in [0.5, 0.6) is 5.75 Å². The molecule has 0 aliphatic carbocycles. The van der Waals surface area contributed by atoms with Crippen molar-refractivity contribution in [2.75, 3.05) is 12.4 Å². The Hall–Kier alpha value is -2.47. The summed E-state index contributed by atoms with van der Waals surface area (Å²) in [5, 5.41) is 7.30. The van der Waals surface area contributed by atoms with Crippen LogP contribution in [0.25, 0.3) is 0 Å². The molecule has 0 amide bonds. The van der Waals surface area contributed by atoms with Crippen molar-refractivity contribution in [1.82, 2.24) is 5.43 Å². The monoisotopic (exact) mass is 331 g/mol. The van der Waals surface area contributed by atoms with E-state index in [1.165, 1.54) is 6.07 Å². The summed E-state index contributed by atoms with van der Waals surface area (Å²) in [4.78, 5) is 0. The highest BCUT2D eigenvalue weighted by atomic mass is 32.1. The zero-order valence-electron chi connectivity index (χ0n) is 13.0. The number of halogens is 1. The Morgan fingerprint density at radius 1 is 1.17 bits per heavy atom. The Morgan fingerprint density at radius 2 is 1.87 bits per heavy atom. The van der Waals surface area contributed by atoms with Gasteiger partial charge in [0.05, 0.1) is 18.5 Å². The Morgan fingerprint density at radius 3 is 2.48 bits per heavy atom. The third-order valence-corrected chi connectivity index (χ3v) is 3.37. The SMILES string of the molecule is CC/C(=N/NC(=S)Nc1ccccc1F)c1ccc(OC)cc1. The minimum atomic E-state index is -0.369. The second-order valence-corrected chi connectivity index (χ2v) is 5.09. The summed E-state index contributed by atoms with van der Waals surface area (Å²) in [5.41, 5.74) is 4.86. The minimum absolute atomic E-state index is 0.231. The van der Waals surface area contributed by atoms with E-state index < -0.39 is 0 Å². The number of hydrogen-bond acceptors (Lipinski definition) is 3. The molecule has 0 spiro atoms. The molecule has 0 aliphatic rings. The number of hydrazone groups is 1. The molecule has 0 aliphatic heterocycles. The molecule has 0 heterocycles. The van der Waals surface area contributed by atoms with Crippen LogP contribution in [-0.4, -0.2) is 17.9 Å². The van der Waals surface area contributed by atoms with Crippen molar-refractivity contribution in [3.63, 3.8) is 0 Å². The van der Waals surface area contributed by atoms with E-state index in [4.69, 9.17) is 17.0 Å². The zero-order chi connectivity index (χ0) is 16.7. The van der Waals surface area contributed by atoms with Gasteiger partial charge in [-0.05, 0) is 60.6 Å². The number of anilines is 1. The molecular formula is C17H18FN3OS. The molecule has 2 rings (SSSR count). The normalized spacial score (nSPS) is 11.0. The molecule has 0 fully saturated rings. The van der Waals surface area contributed by atoms with Crippen molar-refractivity contribution >= 4 is 28.7 Å². The van der Waals surface area contributed by atoms with Crippen LogP contribution in [0.3, 0.4) is 0 Å². The summed E-state index contributed by atoms with van der Waals surface area (Å²) in [6.07, 6.45) is 0.724. The van der Waals surface area contributed by atoms with Crippen LogP contribution in [0.1, 0.15) is 18.9 Å². The van der Waals surface area contributed by atoms with Crippen LogP contribution in [0.2, 0.25) is 0 Å². The smallest absolute Gasteiger partial charge is 0.191 e. The lowest BCUT2D eigenvalue weighted by Crippen LogP contribution is -2.25. The number of benzene rings is 2. The highest BCUT2D eigenvalue weighted by Crippen LogP contribution is 2.14. The first-order valence-electron chi connectivity index (χ1n) is 7.16. The summed E-state index contributed by atoms with van der Waals surface area (Å²) in [7, 11) is 1.62.